The first kappa shape index (κ1) is 19.2. The smallest absolute Gasteiger partial charge is 0.261 e. The zero-order valence-electron chi connectivity index (χ0n) is 15.8. The summed E-state index contributed by atoms with van der Waals surface area (Å²) in [6, 6.07) is 15.7. The van der Waals surface area contributed by atoms with Crippen LogP contribution in [0, 0.1) is 0 Å². The number of carbonyl (C=O) groups is 1. The highest BCUT2D eigenvalue weighted by atomic mass is 32.1. The number of hydrogen-bond acceptors (Lipinski definition) is 4. The zero-order valence-corrected chi connectivity index (χ0v) is 16.6. The van der Waals surface area contributed by atoms with Gasteiger partial charge in [0.05, 0.1) is 19.4 Å². The summed E-state index contributed by atoms with van der Waals surface area (Å²) in [6.07, 6.45) is 2.65. The lowest BCUT2D eigenvalue weighted by Crippen LogP contribution is -2.33. The third-order valence-electron chi connectivity index (χ3n) is 4.62. The molecule has 0 saturated carbocycles. The lowest BCUT2D eigenvalue weighted by atomic mass is 9.98. The summed E-state index contributed by atoms with van der Waals surface area (Å²) in [5.74, 6) is 1.88. The standard InChI is InChI=1S/C22H25NO3S/c1-3-17(2)20-10-4-5-11-21(20)26-16-22(24)23(14-18-8-6-12-25-18)15-19-9-7-13-27-19/h4-13,17H,3,14-16H2,1-2H3. The van der Waals surface area contributed by atoms with E-state index in [4.69, 9.17) is 9.15 Å². The summed E-state index contributed by atoms with van der Waals surface area (Å²) in [6.45, 7) is 5.32. The molecule has 3 rings (SSSR count). The largest absolute Gasteiger partial charge is 0.483 e. The van der Waals surface area contributed by atoms with Crippen LogP contribution in [0.1, 0.15) is 42.4 Å². The molecule has 0 aliphatic heterocycles. The fraction of sp³-hybridized carbons (Fsp3) is 0.318. The quantitative estimate of drug-likeness (QED) is 0.492. The number of furan rings is 1. The molecule has 4 nitrogen and oxygen atoms in total. The predicted octanol–water partition coefficient (Wildman–Crippen LogP) is 5.46. The summed E-state index contributed by atoms with van der Waals surface area (Å²) in [5, 5.41) is 2.02. The van der Waals surface area contributed by atoms with Crippen LogP contribution in [-0.4, -0.2) is 17.4 Å². The molecular weight excluding hydrogens is 358 g/mol. The molecular formula is C22H25NO3S. The molecule has 0 fully saturated rings. The minimum absolute atomic E-state index is 0.0134. The van der Waals surface area contributed by atoms with Crippen LogP contribution in [0.4, 0.5) is 0 Å². The minimum Gasteiger partial charge on any atom is -0.483 e. The number of carbonyl (C=O) groups excluding carboxylic acids is 1. The number of benzene rings is 1. The maximum absolute atomic E-state index is 12.9. The fourth-order valence-corrected chi connectivity index (χ4v) is 3.60. The van der Waals surface area contributed by atoms with Crippen LogP contribution in [0.2, 0.25) is 0 Å². The summed E-state index contributed by atoms with van der Waals surface area (Å²) in [7, 11) is 0. The Bertz CT molecular complexity index is 791. The van der Waals surface area contributed by atoms with E-state index in [2.05, 4.69) is 19.9 Å². The molecule has 142 valence electrons. The fourth-order valence-electron chi connectivity index (χ4n) is 2.88. The molecule has 3 aromatic rings. The van der Waals surface area contributed by atoms with E-state index in [0.29, 0.717) is 19.0 Å². The van der Waals surface area contributed by atoms with Gasteiger partial charge in [-0.15, -0.1) is 11.3 Å². The highest BCUT2D eigenvalue weighted by Crippen LogP contribution is 2.28. The molecule has 1 aromatic carbocycles. The Hall–Kier alpha value is -2.53. The topological polar surface area (TPSA) is 42.7 Å². The summed E-state index contributed by atoms with van der Waals surface area (Å²) >= 11 is 1.64. The SMILES string of the molecule is CCC(C)c1ccccc1OCC(=O)N(Cc1ccco1)Cc1cccs1. The van der Waals surface area contributed by atoms with Crippen molar-refractivity contribution in [3.63, 3.8) is 0 Å². The van der Waals surface area contributed by atoms with Crippen molar-refractivity contribution in [2.45, 2.75) is 39.3 Å². The Labute approximate surface area is 164 Å². The third-order valence-corrected chi connectivity index (χ3v) is 5.48. The average Bonchev–Trinajstić information content (AvgIpc) is 3.39. The number of ether oxygens (including phenoxy) is 1. The normalized spacial score (nSPS) is 11.9. The van der Waals surface area contributed by atoms with Gasteiger partial charge in [0.15, 0.2) is 6.61 Å². The average molecular weight is 384 g/mol. The van der Waals surface area contributed by atoms with E-state index >= 15 is 0 Å². The molecule has 0 saturated heterocycles. The molecule has 0 radical (unpaired) electrons. The highest BCUT2D eigenvalue weighted by Gasteiger charge is 2.18. The van der Waals surface area contributed by atoms with Crippen LogP contribution >= 0.6 is 11.3 Å². The van der Waals surface area contributed by atoms with Crippen molar-refractivity contribution < 1.29 is 13.9 Å². The Balaban J connectivity index is 1.69. The molecule has 2 aromatic heterocycles. The lowest BCUT2D eigenvalue weighted by molar-refractivity contribution is -0.134. The number of para-hydroxylation sites is 1. The van der Waals surface area contributed by atoms with Gasteiger partial charge in [-0.3, -0.25) is 4.79 Å². The second kappa shape index (κ2) is 9.42. The first-order valence-electron chi connectivity index (χ1n) is 9.21. The second-order valence-electron chi connectivity index (χ2n) is 6.54. The molecule has 1 atom stereocenters. The van der Waals surface area contributed by atoms with Gasteiger partial charge >= 0.3 is 0 Å². The Morgan fingerprint density at radius 1 is 1.15 bits per heavy atom. The predicted molar refractivity (Wildman–Crippen MR) is 108 cm³/mol. The molecule has 1 unspecified atom stereocenters. The second-order valence-corrected chi connectivity index (χ2v) is 7.58. The lowest BCUT2D eigenvalue weighted by Gasteiger charge is -2.22. The van der Waals surface area contributed by atoms with Crippen molar-refractivity contribution in [2.75, 3.05) is 6.61 Å². The van der Waals surface area contributed by atoms with Crippen LogP contribution in [0.15, 0.2) is 64.6 Å². The maximum atomic E-state index is 12.9. The van der Waals surface area contributed by atoms with E-state index < -0.39 is 0 Å². The third kappa shape index (κ3) is 5.23. The van der Waals surface area contributed by atoms with Gasteiger partial charge < -0.3 is 14.1 Å². The van der Waals surface area contributed by atoms with E-state index in [0.717, 1.165) is 28.4 Å². The van der Waals surface area contributed by atoms with Crippen molar-refractivity contribution in [2.24, 2.45) is 0 Å². The van der Waals surface area contributed by atoms with Crippen LogP contribution < -0.4 is 4.74 Å². The van der Waals surface area contributed by atoms with Crippen LogP contribution in [-0.2, 0) is 17.9 Å². The Kier molecular flexibility index (Phi) is 6.71. The number of amides is 1. The molecule has 5 heteroatoms. The van der Waals surface area contributed by atoms with Crippen molar-refractivity contribution in [3.05, 3.63) is 76.4 Å². The van der Waals surface area contributed by atoms with Crippen LogP contribution in [0.5, 0.6) is 5.75 Å². The van der Waals surface area contributed by atoms with E-state index in [1.54, 1.807) is 22.5 Å². The van der Waals surface area contributed by atoms with Gasteiger partial charge in [0, 0.05) is 4.88 Å². The van der Waals surface area contributed by atoms with Crippen LogP contribution in [0.3, 0.4) is 0 Å². The van der Waals surface area contributed by atoms with Crippen molar-refractivity contribution in [1.29, 1.82) is 0 Å². The molecule has 1 amide bonds. The van der Waals surface area contributed by atoms with Gasteiger partial charge in [0.2, 0.25) is 0 Å². The Morgan fingerprint density at radius 2 is 2.00 bits per heavy atom. The summed E-state index contributed by atoms with van der Waals surface area (Å²) in [5.41, 5.74) is 1.14. The van der Waals surface area contributed by atoms with Gasteiger partial charge in [-0.05, 0) is 47.5 Å². The first-order valence-corrected chi connectivity index (χ1v) is 10.1. The molecule has 0 bridgehead atoms. The molecule has 0 aliphatic carbocycles. The van der Waals surface area contributed by atoms with Gasteiger partial charge in [-0.25, -0.2) is 0 Å². The van der Waals surface area contributed by atoms with E-state index in [-0.39, 0.29) is 12.5 Å². The Morgan fingerprint density at radius 3 is 2.70 bits per heavy atom. The van der Waals surface area contributed by atoms with E-state index in [1.165, 1.54) is 0 Å². The number of thiophene rings is 1. The van der Waals surface area contributed by atoms with Gasteiger partial charge in [0.1, 0.15) is 11.5 Å². The van der Waals surface area contributed by atoms with Gasteiger partial charge in [0.25, 0.3) is 5.91 Å². The summed E-state index contributed by atoms with van der Waals surface area (Å²) in [4.78, 5) is 15.8. The van der Waals surface area contributed by atoms with E-state index in [9.17, 15) is 4.79 Å². The number of hydrogen-bond donors (Lipinski definition) is 0. The molecule has 0 spiro atoms. The molecule has 0 N–H and O–H groups in total. The van der Waals surface area contributed by atoms with Crippen molar-refractivity contribution in [3.8, 4) is 5.75 Å². The number of nitrogens with zero attached hydrogens (tertiary/aromatic N) is 1. The highest BCUT2D eigenvalue weighted by molar-refractivity contribution is 7.09. The first-order chi connectivity index (χ1) is 13.2. The minimum atomic E-state index is -0.0567. The zero-order chi connectivity index (χ0) is 19.1. The van der Waals surface area contributed by atoms with Crippen molar-refractivity contribution >= 4 is 17.2 Å². The number of rotatable bonds is 9. The molecule has 27 heavy (non-hydrogen) atoms. The summed E-state index contributed by atoms with van der Waals surface area (Å²) < 4.78 is 11.4. The van der Waals surface area contributed by atoms with Gasteiger partial charge in [-0.2, -0.15) is 0 Å². The van der Waals surface area contributed by atoms with E-state index in [1.807, 2.05) is 47.8 Å². The van der Waals surface area contributed by atoms with Gasteiger partial charge in [-0.1, -0.05) is 38.1 Å². The monoisotopic (exact) mass is 383 g/mol. The van der Waals surface area contributed by atoms with Crippen molar-refractivity contribution in [1.82, 2.24) is 4.90 Å². The molecule has 0 aliphatic rings. The maximum Gasteiger partial charge on any atom is 0.261 e. The van der Waals surface area contributed by atoms with Crippen LogP contribution in [0.25, 0.3) is 0 Å². The molecule has 2 heterocycles.